The molecule has 0 aliphatic heterocycles. The van der Waals surface area contributed by atoms with Crippen molar-refractivity contribution in [1.29, 1.82) is 0 Å². The Balaban J connectivity index is 2.37. The first-order valence-corrected chi connectivity index (χ1v) is 6.10. The van der Waals surface area contributed by atoms with Crippen LogP contribution in [0.25, 0.3) is 17.4 Å². The van der Waals surface area contributed by atoms with Crippen molar-refractivity contribution < 1.29 is 24.1 Å². The quantitative estimate of drug-likeness (QED) is 0.379. The molecule has 0 saturated carbocycles. The Hall–Kier alpha value is -3.13. The number of nitrogens with zero attached hydrogens (tertiary/aromatic N) is 1. The number of ether oxygens (including phenoxy) is 1. The Labute approximate surface area is 124 Å². The largest absolute Gasteiger partial charge is 0.496 e. The van der Waals surface area contributed by atoms with E-state index >= 15 is 0 Å². The van der Waals surface area contributed by atoms with Crippen LogP contribution in [0, 0.1) is 10.1 Å². The van der Waals surface area contributed by atoms with Gasteiger partial charge in [-0.1, -0.05) is 0 Å². The molecule has 0 aliphatic carbocycles. The number of hydrogen-bond donors (Lipinski definition) is 2. The maximum Gasteiger partial charge on any atom is 0.270 e. The van der Waals surface area contributed by atoms with Crippen molar-refractivity contribution in [3.63, 3.8) is 0 Å². The number of non-ortho nitro benzene ring substituents is 1. The molecule has 0 spiro atoms. The van der Waals surface area contributed by atoms with Crippen LogP contribution in [0.1, 0.15) is 5.76 Å². The predicted octanol–water partition coefficient (Wildman–Crippen LogP) is 2.38. The fourth-order valence-corrected chi connectivity index (χ4v) is 1.78. The molecule has 0 radical (unpaired) electrons. The van der Waals surface area contributed by atoms with E-state index in [4.69, 9.17) is 14.4 Å². The molecule has 1 aromatic heterocycles. The number of hydroxylamine groups is 1. The summed E-state index contributed by atoms with van der Waals surface area (Å²) in [5.74, 6) is 0.409. The number of amides is 1. The molecule has 2 rings (SSSR count). The Morgan fingerprint density at radius 2 is 2.18 bits per heavy atom. The monoisotopic (exact) mass is 304 g/mol. The zero-order valence-electron chi connectivity index (χ0n) is 11.5. The molecular formula is C14H12N2O6. The van der Waals surface area contributed by atoms with Gasteiger partial charge < -0.3 is 9.15 Å². The van der Waals surface area contributed by atoms with E-state index in [2.05, 4.69) is 0 Å². The van der Waals surface area contributed by atoms with Gasteiger partial charge in [0.2, 0.25) is 0 Å². The first-order chi connectivity index (χ1) is 10.5. The van der Waals surface area contributed by atoms with Crippen molar-refractivity contribution in [3.05, 3.63) is 52.3 Å². The van der Waals surface area contributed by atoms with E-state index in [0.717, 1.165) is 6.08 Å². The lowest BCUT2D eigenvalue weighted by molar-refractivity contribution is -0.384. The Kier molecular flexibility index (Phi) is 4.54. The Morgan fingerprint density at radius 3 is 2.82 bits per heavy atom. The van der Waals surface area contributed by atoms with E-state index in [1.807, 2.05) is 0 Å². The topological polar surface area (TPSA) is 115 Å². The first kappa shape index (κ1) is 15.3. The van der Waals surface area contributed by atoms with Crippen molar-refractivity contribution in [2.75, 3.05) is 7.11 Å². The van der Waals surface area contributed by atoms with Crippen molar-refractivity contribution in [2.24, 2.45) is 0 Å². The molecule has 2 N–H and O–H groups in total. The van der Waals surface area contributed by atoms with Gasteiger partial charge in [0.15, 0.2) is 0 Å². The van der Waals surface area contributed by atoms with Crippen LogP contribution in [0.15, 0.2) is 40.8 Å². The molecule has 0 aliphatic rings. The predicted molar refractivity (Wildman–Crippen MR) is 76.3 cm³/mol. The smallest absolute Gasteiger partial charge is 0.270 e. The zero-order valence-corrected chi connectivity index (χ0v) is 11.5. The minimum atomic E-state index is -0.703. The third kappa shape index (κ3) is 3.30. The molecule has 0 atom stereocenters. The van der Waals surface area contributed by atoms with Crippen molar-refractivity contribution >= 4 is 17.7 Å². The highest BCUT2D eigenvalue weighted by atomic mass is 16.6. The molecule has 0 saturated heterocycles. The lowest BCUT2D eigenvalue weighted by Crippen LogP contribution is -2.14. The molecular weight excluding hydrogens is 292 g/mol. The van der Waals surface area contributed by atoms with Gasteiger partial charge >= 0.3 is 0 Å². The average molecular weight is 304 g/mol. The van der Waals surface area contributed by atoms with Crippen LogP contribution in [0.5, 0.6) is 5.75 Å². The average Bonchev–Trinajstić information content (AvgIpc) is 3.00. The summed E-state index contributed by atoms with van der Waals surface area (Å²) in [5, 5.41) is 19.2. The van der Waals surface area contributed by atoms with Crippen LogP contribution in [0.4, 0.5) is 5.69 Å². The van der Waals surface area contributed by atoms with Crippen LogP contribution < -0.4 is 10.2 Å². The lowest BCUT2D eigenvalue weighted by atomic mass is 10.1. The van der Waals surface area contributed by atoms with Gasteiger partial charge in [0.05, 0.1) is 17.6 Å². The van der Waals surface area contributed by atoms with Crippen LogP contribution in [-0.4, -0.2) is 23.1 Å². The zero-order chi connectivity index (χ0) is 16.1. The highest BCUT2D eigenvalue weighted by molar-refractivity contribution is 5.90. The second-order valence-electron chi connectivity index (χ2n) is 4.15. The Bertz CT molecular complexity index is 735. The number of nitro groups is 1. The summed E-state index contributed by atoms with van der Waals surface area (Å²) in [6.45, 7) is 0. The fraction of sp³-hybridized carbons (Fsp3) is 0.0714. The Morgan fingerprint density at radius 1 is 1.41 bits per heavy atom. The van der Waals surface area contributed by atoms with Crippen LogP contribution >= 0.6 is 0 Å². The SMILES string of the molecule is COc1ccc([N+](=O)[O-])cc1-c1ccc(/C=C/C(=O)NO)o1. The molecule has 0 unspecified atom stereocenters. The number of methoxy groups -OCH3 is 1. The number of nitro benzene ring substituents is 1. The summed E-state index contributed by atoms with van der Waals surface area (Å²) >= 11 is 0. The van der Waals surface area contributed by atoms with E-state index in [-0.39, 0.29) is 5.69 Å². The third-order valence-electron chi connectivity index (χ3n) is 2.80. The molecule has 1 aromatic carbocycles. The third-order valence-corrected chi connectivity index (χ3v) is 2.80. The number of furan rings is 1. The van der Waals surface area contributed by atoms with Gasteiger partial charge in [-0.2, -0.15) is 0 Å². The van der Waals surface area contributed by atoms with Gasteiger partial charge in [-0.25, -0.2) is 5.48 Å². The van der Waals surface area contributed by atoms with Gasteiger partial charge in [-0.3, -0.25) is 20.1 Å². The number of carbonyl (C=O) groups excluding carboxylic acids is 1. The van der Waals surface area contributed by atoms with Crippen LogP contribution in [0.3, 0.4) is 0 Å². The summed E-state index contributed by atoms with van der Waals surface area (Å²) in [4.78, 5) is 21.2. The van der Waals surface area contributed by atoms with Crippen molar-refractivity contribution in [3.8, 4) is 17.1 Å². The van der Waals surface area contributed by atoms with Crippen LogP contribution in [0.2, 0.25) is 0 Å². The summed E-state index contributed by atoms with van der Waals surface area (Å²) in [6, 6.07) is 7.32. The van der Waals surface area contributed by atoms with Gasteiger partial charge in [0.1, 0.15) is 17.3 Å². The minimum Gasteiger partial charge on any atom is -0.496 e. The molecule has 2 aromatic rings. The second-order valence-corrected chi connectivity index (χ2v) is 4.15. The fourth-order valence-electron chi connectivity index (χ4n) is 1.78. The van der Waals surface area contributed by atoms with E-state index < -0.39 is 10.8 Å². The normalized spacial score (nSPS) is 10.6. The van der Waals surface area contributed by atoms with Gasteiger partial charge in [0.25, 0.3) is 11.6 Å². The molecule has 0 fully saturated rings. The molecule has 8 nitrogen and oxygen atoms in total. The first-order valence-electron chi connectivity index (χ1n) is 6.10. The summed E-state index contributed by atoms with van der Waals surface area (Å²) in [6.07, 6.45) is 2.42. The maximum atomic E-state index is 10.9. The number of hydrogen-bond acceptors (Lipinski definition) is 6. The second kappa shape index (κ2) is 6.55. The molecule has 22 heavy (non-hydrogen) atoms. The number of rotatable bonds is 5. The van der Waals surface area contributed by atoms with Gasteiger partial charge in [0, 0.05) is 18.2 Å². The van der Waals surface area contributed by atoms with E-state index in [1.165, 1.54) is 36.9 Å². The minimum absolute atomic E-state index is 0.0936. The maximum absolute atomic E-state index is 10.9. The van der Waals surface area contributed by atoms with Gasteiger partial charge in [-0.05, 0) is 24.3 Å². The highest BCUT2D eigenvalue weighted by Crippen LogP contribution is 2.34. The molecule has 0 bridgehead atoms. The van der Waals surface area contributed by atoms with Gasteiger partial charge in [-0.15, -0.1) is 0 Å². The molecule has 1 heterocycles. The summed E-state index contributed by atoms with van der Waals surface area (Å²) in [7, 11) is 1.44. The highest BCUT2D eigenvalue weighted by Gasteiger charge is 2.15. The number of benzene rings is 1. The summed E-state index contributed by atoms with van der Waals surface area (Å²) in [5.41, 5.74) is 1.78. The molecule has 1 amide bonds. The van der Waals surface area contributed by atoms with E-state index in [1.54, 1.807) is 12.1 Å². The number of carbonyl (C=O) groups is 1. The lowest BCUT2D eigenvalue weighted by Gasteiger charge is -2.05. The standard InChI is InChI=1S/C14H12N2O6/c1-21-12-5-2-9(16(19)20)8-11(12)13-6-3-10(22-13)4-7-14(17)15-18/h2-8,18H,1H3,(H,15,17)/b7-4+. The van der Waals surface area contributed by atoms with Crippen molar-refractivity contribution in [1.82, 2.24) is 5.48 Å². The molecule has 8 heteroatoms. The van der Waals surface area contributed by atoms with E-state index in [9.17, 15) is 14.9 Å². The molecule has 114 valence electrons. The van der Waals surface area contributed by atoms with E-state index in [0.29, 0.717) is 22.8 Å². The van der Waals surface area contributed by atoms with Crippen molar-refractivity contribution in [2.45, 2.75) is 0 Å². The summed E-state index contributed by atoms with van der Waals surface area (Å²) < 4.78 is 10.7. The van der Waals surface area contributed by atoms with Crippen LogP contribution in [-0.2, 0) is 4.79 Å². The number of nitrogens with one attached hydrogen (secondary N) is 1.